The minimum atomic E-state index is -0.855. The van der Waals surface area contributed by atoms with Gasteiger partial charge < -0.3 is 5.11 Å². The highest BCUT2D eigenvalue weighted by molar-refractivity contribution is 6.32. The Morgan fingerprint density at radius 1 is 1.79 bits per heavy atom. The second-order valence-electron chi connectivity index (χ2n) is 3.11. The van der Waals surface area contributed by atoms with Gasteiger partial charge in [0.05, 0.1) is 14.8 Å². The molecule has 0 heterocycles. The molecule has 0 fully saturated rings. The molecule has 0 saturated heterocycles. The van der Waals surface area contributed by atoms with Gasteiger partial charge in [0.2, 0.25) is 5.76 Å². The van der Waals surface area contributed by atoms with E-state index < -0.39 is 21.3 Å². The lowest BCUT2D eigenvalue weighted by atomic mass is 9.94. The maximum Gasteiger partial charge on any atom is 0.309 e. The largest absolute Gasteiger partial charge is 0.501 e. The number of nitrogens with zero attached hydrogens (tertiary/aromatic N) is 1. The maximum atomic E-state index is 10.5. The van der Waals surface area contributed by atoms with Gasteiger partial charge in [-0.3, -0.25) is 10.1 Å². The molecular formula is C8H9Cl2NO3. The van der Waals surface area contributed by atoms with Crippen molar-refractivity contribution in [2.45, 2.75) is 24.6 Å². The highest BCUT2D eigenvalue weighted by Crippen LogP contribution is 2.39. The van der Waals surface area contributed by atoms with Crippen LogP contribution in [0.5, 0.6) is 0 Å². The lowest BCUT2D eigenvalue weighted by Crippen LogP contribution is -2.24. The molecule has 0 aromatic rings. The fraction of sp³-hybridized carbons (Fsp3) is 0.500. The van der Waals surface area contributed by atoms with Crippen LogP contribution in [0.2, 0.25) is 0 Å². The summed E-state index contributed by atoms with van der Waals surface area (Å²) in [6.45, 7) is 1.80. The highest BCUT2D eigenvalue weighted by atomic mass is 35.5. The van der Waals surface area contributed by atoms with Crippen LogP contribution in [-0.4, -0.2) is 14.9 Å². The monoisotopic (exact) mass is 237 g/mol. The standard InChI is InChI=1S/C8H9Cl2NO3/c1-2-8(10)3-5(9)7(12)6(4-8)11(13)14/h4,12H,2-3H2,1H3. The van der Waals surface area contributed by atoms with Crippen molar-refractivity contribution >= 4 is 23.2 Å². The van der Waals surface area contributed by atoms with Gasteiger partial charge in [0.25, 0.3) is 0 Å². The van der Waals surface area contributed by atoms with Crippen molar-refractivity contribution in [3.05, 3.63) is 32.7 Å². The molecule has 1 atom stereocenters. The zero-order valence-electron chi connectivity index (χ0n) is 7.46. The van der Waals surface area contributed by atoms with Gasteiger partial charge in [-0.2, -0.15) is 0 Å². The van der Waals surface area contributed by atoms with Crippen LogP contribution < -0.4 is 0 Å². The molecule has 1 N–H and O–H groups in total. The molecule has 1 aliphatic carbocycles. The van der Waals surface area contributed by atoms with Gasteiger partial charge in [-0.15, -0.1) is 11.6 Å². The van der Waals surface area contributed by atoms with E-state index in [1.165, 1.54) is 6.08 Å². The molecule has 14 heavy (non-hydrogen) atoms. The number of hydrogen-bond acceptors (Lipinski definition) is 3. The molecule has 0 aromatic heterocycles. The Hall–Kier alpha value is -0.740. The molecule has 6 heteroatoms. The first-order chi connectivity index (χ1) is 6.39. The summed E-state index contributed by atoms with van der Waals surface area (Å²) in [5, 5.41) is 19.9. The van der Waals surface area contributed by atoms with Crippen molar-refractivity contribution in [1.29, 1.82) is 0 Å². The Kier molecular flexibility index (Phi) is 3.07. The van der Waals surface area contributed by atoms with Crippen molar-refractivity contribution in [2.24, 2.45) is 0 Å². The second-order valence-corrected chi connectivity index (χ2v) is 4.31. The Morgan fingerprint density at radius 2 is 2.36 bits per heavy atom. The lowest BCUT2D eigenvalue weighted by molar-refractivity contribution is -0.424. The zero-order chi connectivity index (χ0) is 10.9. The first kappa shape index (κ1) is 11.3. The number of alkyl halides is 1. The van der Waals surface area contributed by atoms with E-state index in [9.17, 15) is 15.2 Å². The Morgan fingerprint density at radius 3 is 2.79 bits per heavy atom. The summed E-state index contributed by atoms with van der Waals surface area (Å²) in [6.07, 6.45) is 1.97. The number of nitro groups is 1. The minimum absolute atomic E-state index is 0.0380. The van der Waals surface area contributed by atoms with E-state index in [0.29, 0.717) is 6.42 Å². The molecule has 0 bridgehead atoms. The predicted octanol–water partition coefficient (Wildman–Crippen LogP) is 2.95. The molecular weight excluding hydrogens is 229 g/mol. The summed E-state index contributed by atoms with van der Waals surface area (Å²) in [7, 11) is 0. The van der Waals surface area contributed by atoms with Gasteiger partial charge in [0, 0.05) is 12.5 Å². The molecule has 1 unspecified atom stereocenters. The third-order valence-corrected chi connectivity index (χ3v) is 2.95. The SMILES string of the molecule is CCC1(Cl)C=C([N+](=O)[O-])C(O)=C(Cl)C1. The smallest absolute Gasteiger partial charge is 0.309 e. The van der Waals surface area contributed by atoms with Crippen LogP contribution in [0.4, 0.5) is 0 Å². The van der Waals surface area contributed by atoms with Crippen LogP contribution in [0.25, 0.3) is 0 Å². The summed E-state index contributed by atoms with van der Waals surface area (Å²) in [5.74, 6) is -0.485. The minimum Gasteiger partial charge on any atom is -0.501 e. The van der Waals surface area contributed by atoms with Crippen LogP contribution in [0.3, 0.4) is 0 Å². The van der Waals surface area contributed by atoms with Crippen molar-refractivity contribution in [3.63, 3.8) is 0 Å². The van der Waals surface area contributed by atoms with Crippen LogP contribution >= 0.6 is 23.2 Å². The maximum absolute atomic E-state index is 10.5. The molecule has 78 valence electrons. The van der Waals surface area contributed by atoms with Gasteiger partial charge >= 0.3 is 5.70 Å². The Labute approximate surface area is 91.0 Å². The predicted molar refractivity (Wildman–Crippen MR) is 54.1 cm³/mol. The third-order valence-electron chi connectivity index (χ3n) is 2.13. The first-order valence-electron chi connectivity index (χ1n) is 4.04. The quantitative estimate of drug-likeness (QED) is 0.457. The third kappa shape index (κ3) is 2.01. The average molecular weight is 238 g/mol. The van der Waals surface area contributed by atoms with Gasteiger partial charge in [0.1, 0.15) is 0 Å². The Bertz CT molecular complexity index is 337. The van der Waals surface area contributed by atoms with Crippen LogP contribution in [-0.2, 0) is 0 Å². The molecule has 0 aliphatic heterocycles. The first-order valence-corrected chi connectivity index (χ1v) is 4.79. The zero-order valence-corrected chi connectivity index (χ0v) is 8.97. The van der Waals surface area contributed by atoms with E-state index >= 15 is 0 Å². The number of rotatable bonds is 2. The van der Waals surface area contributed by atoms with Crippen LogP contribution in [0, 0.1) is 10.1 Å². The van der Waals surface area contributed by atoms with Crippen molar-refractivity contribution in [3.8, 4) is 0 Å². The molecule has 0 amide bonds. The molecule has 1 rings (SSSR count). The van der Waals surface area contributed by atoms with Gasteiger partial charge in [-0.25, -0.2) is 0 Å². The normalized spacial score (nSPS) is 27.5. The van der Waals surface area contributed by atoms with Crippen molar-refractivity contribution < 1.29 is 10.0 Å². The molecule has 4 nitrogen and oxygen atoms in total. The topological polar surface area (TPSA) is 63.4 Å². The molecule has 0 saturated carbocycles. The fourth-order valence-electron chi connectivity index (χ4n) is 1.21. The molecule has 0 spiro atoms. The van der Waals surface area contributed by atoms with E-state index in [2.05, 4.69) is 0 Å². The number of aliphatic hydroxyl groups excluding tert-OH is 1. The van der Waals surface area contributed by atoms with Crippen LogP contribution in [0.1, 0.15) is 19.8 Å². The summed E-state index contributed by atoms with van der Waals surface area (Å²) >= 11 is 11.7. The lowest BCUT2D eigenvalue weighted by Gasteiger charge is -2.24. The Balaban J connectivity index is 3.16. The number of aliphatic hydroxyl groups is 1. The summed E-state index contributed by atoms with van der Waals surface area (Å²) in [6, 6.07) is 0. The van der Waals surface area contributed by atoms with Crippen molar-refractivity contribution in [2.75, 3.05) is 0 Å². The van der Waals surface area contributed by atoms with Crippen molar-refractivity contribution in [1.82, 2.24) is 0 Å². The summed E-state index contributed by atoms with van der Waals surface area (Å²) < 4.78 is 0. The average Bonchev–Trinajstić information content (AvgIpc) is 2.11. The summed E-state index contributed by atoms with van der Waals surface area (Å²) in [4.78, 5) is 8.99. The second kappa shape index (κ2) is 3.79. The van der Waals surface area contributed by atoms with Gasteiger partial charge in [0.15, 0.2) is 0 Å². The van der Waals surface area contributed by atoms with Crippen LogP contribution in [0.15, 0.2) is 22.6 Å². The highest BCUT2D eigenvalue weighted by Gasteiger charge is 2.36. The van der Waals surface area contributed by atoms with Gasteiger partial charge in [-0.1, -0.05) is 18.5 Å². The molecule has 0 radical (unpaired) electrons. The van der Waals surface area contributed by atoms with Gasteiger partial charge in [-0.05, 0) is 6.42 Å². The summed E-state index contributed by atoms with van der Waals surface area (Å²) in [5.41, 5.74) is -0.418. The van der Waals surface area contributed by atoms with E-state index in [0.717, 1.165) is 0 Å². The molecule has 1 aliphatic rings. The molecule has 0 aromatic carbocycles. The van der Waals surface area contributed by atoms with E-state index in [4.69, 9.17) is 23.2 Å². The number of hydrogen-bond donors (Lipinski definition) is 1. The van der Waals surface area contributed by atoms with E-state index in [1.807, 2.05) is 0 Å². The number of allylic oxidation sites excluding steroid dienone is 2. The van der Waals surface area contributed by atoms with E-state index in [1.54, 1.807) is 6.92 Å². The van der Waals surface area contributed by atoms with E-state index in [-0.39, 0.29) is 11.5 Å². The number of halogens is 2. The fourth-order valence-corrected chi connectivity index (χ4v) is 1.85.